The van der Waals surface area contributed by atoms with Crippen molar-refractivity contribution in [3.63, 3.8) is 0 Å². The summed E-state index contributed by atoms with van der Waals surface area (Å²) in [4.78, 5) is 12.3. The van der Waals surface area contributed by atoms with E-state index in [2.05, 4.69) is 17.2 Å². The molecular formula is C16H18ClFN2OS. The van der Waals surface area contributed by atoms with Crippen LogP contribution in [0.2, 0.25) is 5.02 Å². The third-order valence-corrected chi connectivity index (χ3v) is 5.91. The van der Waals surface area contributed by atoms with Crippen molar-refractivity contribution >= 4 is 29.3 Å². The summed E-state index contributed by atoms with van der Waals surface area (Å²) < 4.78 is 13.0. The molecule has 1 saturated heterocycles. The number of hydrogen-bond donors (Lipinski definition) is 2. The van der Waals surface area contributed by atoms with Crippen molar-refractivity contribution in [3.8, 4) is 0 Å². The lowest BCUT2D eigenvalue weighted by Gasteiger charge is -2.15. The molecule has 0 bridgehead atoms. The van der Waals surface area contributed by atoms with Gasteiger partial charge in [-0.05, 0) is 43.9 Å². The molecule has 3 rings (SSSR count). The predicted octanol–water partition coefficient (Wildman–Crippen LogP) is 3.70. The maximum Gasteiger partial charge on any atom is 0.254 e. The summed E-state index contributed by atoms with van der Waals surface area (Å²) in [5.41, 5.74) is 1.48. The molecule has 2 N–H and O–H groups in total. The number of halogens is 2. The van der Waals surface area contributed by atoms with Crippen molar-refractivity contribution in [2.24, 2.45) is 0 Å². The van der Waals surface area contributed by atoms with Gasteiger partial charge in [0, 0.05) is 11.3 Å². The fourth-order valence-corrected chi connectivity index (χ4v) is 4.62. The van der Waals surface area contributed by atoms with Crippen molar-refractivity contribution in [1.29, 1.82) is 0 Å². The maximum atomic E-state index is 13.0. The number of nitrogens with one attached hydrogen (secondary N) is 2. The first-order valence-electron chi connectivity index (χ1n) is 7.37. The first-order valence-corrected chi connectivity index (χ1v) is 8.69. The predicted molar refractivity (Wildman–Crippen MR) is 88.6 cm³/mol. The molecule has 3 unspecified atom stereocenters. The molecule has 3 atom stereocenters. The lowest BCUT2D eigenvalue weighted by Crippen LogP contribution is -2.43. The summed E-state index contributed by atoms with van der Waals surface area (Å²) in [6, 6.07) is 4.21. The minimum Gasteiger partial charge on any atom is -0.328 e. The number of carbonyl (C=O) groups excluding carboxylic acids is 1. The van der Waals surface area contributed by atoms with Crippen LogP contribution < -0.4 is 10.6 Å². The Morgan fingerprint density at radius 1 is 1.41 bits per heavy atom. The first kappa shape index (κ1) is 15.8. The second-order valence-corrected chi connectivity index (χ2v) is 7.51. The van der Waals surface area contributed by atoms with Crippen molar-refractivity contribution in [2.75, 3.05) is 0 Å². The highest BCUT2D eigenvalue weighted by atomic mass is 35.5. The Morgan fingerprint density at radius 2 is 2.18 bits per heavy atom. The monoisotopic (exact) mass is 340 g/mol. The van der Waals surface area contributed by atoms with Crippen LogP contribution in [0.3, 0.4) is 0 Å². The average molecular weight is 341 g/mol. The molecule has 118 valence electrons. The van der Waals surface area contributed by atoms with Gasteiger partial charge in [-0.2, -0.15) is 0 Å². The lowest BCUT2D eigenvalue weighted by atomic mass is 10.1. The molecule has 1 aliphatic carbocycles. The Labute approximate surface area is 138 Å². The van der Waals surface area contributed by atoms with Gasteiger partial charge in [-0.1, -0.05) is 23.8 Å². The molecule has 0 radical (unpaired) electrons. The van der Waals surface area contributed by atoms with Crippen LogP contribution in [0.25, 0.3) is 0 Å². The van der Waals surface area contributed by atoms with E-state index in [-0.39, 0.29) is 16.4 Å². The Hall–Kier alpha value is -1.04. The Bertz CT molecular complexity index is 592. The topological polar surface area (TPSA) is 41.1 Å². The second kappa shape index (κ2) is 6.60. The molecule has 1 aromatic carbocycles. The number of hydrogen-bond acceptors (Lipinski definition) is 3. The summed E-state index contributed by atoms with van der Waals surface area (Å²) in [7, 11) is 0. The van der Waals surface area contributed by atoms with Crippen molar-refractivity contribution in [3.05, 3.63) is 46.8 Å². The third-order valence-electron chi connectivity index (χ3n) is 4.15. The van der Waals surface area contributed by atoms with Gasteiger partial charge in [0.2, 0.25) is 0 Å². The van der Waals surface area contributed by atoms with Gasteiger partial charge in [-0.25, -0.2) is 4.39 Å². The zero-order valence-electron chi connectivity index (χ0n) is 12.1. The molecule has 6 heteroatoms. The molecule has 22 heavy (non-hydrogen) atoms. The van der Waals surface area contributed by atoms with E-state index in [9.17, 15) is 9.18 Å². The van der Waals surface area contributed by atoms with Crippen LogP contribution in [-0.4, -0.2) is 22.7 Å². The quantitative estimate of drug-likeness (QED) is 0.807. The second-order valence-electron chi connectivity index (χ2n) is 5.75. The standard InChI is InChI=1S/C16H18ClFN2OS/c1-9-2-6-13-14(7-3-9)22-16(19-13)20-15(21)11-5-4-10(18)8-12(11)17/h4-5,8,13-14,16,19H,1-3,6-7H2,(H,20,21). The normalized spacial score (nSPS) is 28.1. The SMILES string of the molecule is C=C1CCC2NC(NC(=O)c3ccc(F)cc3Cl)SC2CC1. The summed E-state index contributed by atoms with van der Waals surface area (Å²) in [6.45, 7) is 4.07. The number of amides is 1. The van der Waals surface area contributed by atoms with Crippen LogP contribution in [0.5, 0.6) is 0 Å². The van der Waals surface area contributed by atoms with E-state index in [0.717, 1.165) is 31.7 Å². The van der Waals surface area contributed by atoms with E-state index < -0.39 is 5.82 Å². The van der Waals surface area contributed by atoms with E-state index in [1.807, 2.05) is 0 Å². The van der Waals surface area contributed by atoms with Gasteiger partial charge in [-0.3, -0.25) is 10.1 Å². The number of rotatable bonds is 2. The Morgan fingerprint density at radius 3 is 2.95 bits per heavy atom. The molecule has 0 spiro atoms. The van der Waals surface area contributed by atoms with E-state index in [0.29, 0.717) is 16.9 Å². The third kappa shape index (κ3) is 3.47. The van der Waals surface area contributed by atoms with Crippen molar-refractivity contribution < 1.29 is 9.18 Å². The summed E-state index contributed by atoms with van der Waals surface area (Å²) >= 11 is 7.67. The maximum absolute atomic E-state index is 13.0. The van der Waals surface area contributed by atoms with Crippen LogP contribution in [-0.2, 0) is 0 Å². The van der Waals surface area contributed by atoms with Gasteiger partial charge in [0.05, 0.1) is 10.6 Å². The molecule has 2 fully saturated rings. The van der Waals surface area contributed by atoms with Gasteiger partial charge in [0.15, 0.2) is 0 Å². The number of benzene rings is 1. The Kier molecular flexibility index (Phi) is 4.76. The molecular weight excluding hydrogens is 323 g/mol. The average Bonchev–Trinajstić information content (AvgIpc) is 2.76. The number of carbonyl (C=O) groups is 1. The highest BCUT2D eigenvalue weighted by Gasteiger charge is 2.36. The van der Waals surface area contributed by atoms with Crippen LogP contribution in [0.1, 0.15) is 36.0 Å². The first-order chi connectivity index (χ1) is 10.5. The van der Waals surface area contributed by atoms with Crippen molar-refractivity contribution in [1.82, 2.24) is 10.6 Å². The van der Waals surface area contributed by atoms with Gasteiger partial charge in [0.25, 0.3) is 5.91 Å². The minimum absolute atomic E-state index is 0.130. The minimum atomic E-state index is -0.447. The zero-order valence-corrected chi connectivity index (χ0v) is 13.6. The summed E-state index contributed by atoms with van der Waals surface area (Å²) in [6.07, 6.45) is 4.24. The van der Waals surface area contributed by atoms with Gasteiger partial charge in [-0.15, -0.1) is 11.8 Å². The van der Waals surface area contributed by atoms with Crippen LogP contribution in [0, 0.1) is 5.82 Å². The van der Waals surface area contributed by atoms with Crippen molar-refractivity contribution in [2.45, 2.75) is 42.5 Å². The smallest absolute Gasteiger partial charge is 0.254 e. The van der Waals surface area contributed by atoms with Crippen LogP contribution >= 0.6 is 23.4 Å². The molecule has 1 heterocycles. The van der Waals surface area contributed by atoms with E-state index in [1.54, 1.807) is 11.8 Å². The lowest BCUT2D eigenvalue weighted by molar-refractivity contribution is 0.0945. The summed E-state index contributed by atoms with van der Waals surface area (Å²) in [5, 5.41) is 7.01. The summed E-state index contributed by atoms with van der Waals surface area (Å²) in [5.74, 6) is -0.728. The number of allylic oxidation sites excluding steroid dienone is 1. The number of fused-ring (bicyclic) bond motifs is 1. The molecule has 1 amide bonds. The number of thioether (sulfide) groups is 1. The molecule has 2 aliphatic rings. The molecule has 1 aliphatic heterocycles. The van der Waals surface area contributed by atoms with Gasteiger partial charge < -0.3 is 5.32 Å². The van der Waals surface area contributed by atoms with Crippen LogP contribution in [0.4, 0.5) is 4.39 Å². The van der Waals surface area contributed by atoms with E-state index in [4.69, 9.17) is 11.6 Å². The largest absolute Gasteiger partial charge is 0.328 e. The van der Waals surface area contributed by atoms with E-state index in [1.165, 1.54) is 17.7 Å². The van der Waals surface area contributed by atoms with Crippen LogP contribution in [0.15, 0.2) is 30.4 Å². The zero-order chi connectivity index (χ0) is 15.7. The highest BCUT2D eigenvalue weighted by Crippen LogP contribution is 2.36. The fourth-order valence-electron chi connectivity index (χ4n) is 2.93. The van der Waals surface area contributed by atoms with E-state index >= 15 is 0 Å². The fraction of sp³-hybridized carbons (Fsp3) is 0.438. The molecule has 0 aromatic heterocycles. The molecule has 1 aromatic rings. The molecule has 1 saturated carbocycles. The highest BCUT2D eigenvalue weighted by molar-refractivity contribution is 8.00. The van der Waals surface area contributed by atoms with Gasteiger partial charge in [0.1, 0.15) is 11.3 Å². The Balaban J connectivity index is 1.62. The van der Waals surface area contributed by atoms with Gasteiger partial charge >= 0.3 is 0 Å². The molecule has 3 nitrogen and oxygen atoms in total.